The number of carbonyl (C=O) groups excluding carboxylic acids is 2. The second kappa shape index (κ2) is 7.13. The quantitative estimate of drug-likeness (QED) is 0.885. The Kier molecular flexibility index (Phi) is 4.76. The number of carbonyl (C=O) groups is 2. The Bertz CT molecular complexity index is 652. The molecule has 1 saturated heterocycles. The fourth-order valence-corrected chi connectivity index (χ4v) is 2.99. The Balaban J connectivity index is 1.58. The number of amides is 2. The Labute approximate surface area is 135 Å². The highest BCUT2D eigenvalue weighted by Crippen LogP contribution is 2.19. The molecule has 5 nitrogen and oxygen atoms in total. The molecule has 0 bridgehead atoms. The molecule has 1 fully saturated rings. The number of H-pyrrole nitrogens is 1. The van der Waals surface area contributed by atoms with Gasteiger partial charge in [0.05, 0.1) is 13.0 Å². The molecule has 2 aromatic rings. The number of likely N-dealkylation sites (tertiary alicyclic amines) is 1. The Morgan fingerprint density at radius 3 is 2.74 bits per heavy atom. The zero-order valence-corrected chi connectivity index (χ0v) is 13.0. The lowest BCUT2D eigenvalue weighted by Gasteiger charge is -2.24. The van der Waals surface area contributed by atoms with Gasteiger partial charge in [-0.15, -0.1) is 0 Å². The molecule has 1 aromatic carbocycles. The number of hydrogen-bond acceptors (Lipinski definition) is 2. The highest BCUT2D eigenvalue weighted by molar-refractivity contribution is 5.89. The summed E-state index contributed by atoms with van der Waals surface area (Å²) >= 11 is 0. The van der Waals surface area contributed by atoms with Crippen LogP contribution in [0.25, 0.3) is 0 Å². The van der Waals surface area contributed by atoms with E-state index in [9.17, 15) is 9.59 Å². The monoisotopic (exact) mass is 311 g/mol. The summed E-state index contributed by atoms with van der Waals surface area (Å²) in [7, 11) is 0. The van der Waals surface area contributed by atoms with Gasteiger partial charge in [-0.3, -0.25) is 9.59 Å². The van der Waals surface area contributed by atoms with Crippen molar-refractivity contribution in [3.63, 3.8) is 0 Å². The summed E-state index contributed by atoms with van der Waals surface area (Å²) in [5, 5.41) is 2.91. The lowest BCUT2D eigenvalue weighted by Crippen LogP contribution is -2.46. The van der Waals surface area contributed by atoms with Crippen molar-refractivity contribution in [3.8, 4) is 0 Å². The number of hydrogen-bond donors (Lipinski definition) is 2. The van der Waals surface area contributed by atoms with Crippen LogP contribution in [-0.4, -0.2) is 34.3 Å². The number of nitrogens with one attached hydrogen (secondary N) is 2. The topological polar surface area (TPSA) is 65.2 Å². The molecule has 1 aromatic heterocycles. The number of rotatable bonds is 5. The predicted molar refractivity (Wildman–Crippen MR) is 87.5 cm³/mol. The van der Waals surface area contributed by atoms with Crippen LogP contribution in [0.3, 0.4) is 0 Å². The van der Waals surface area contributed by atoms with Gasteiger partial charge in [-0.05, 0) is 30.5 Å². The van der Waals surface area contributed by atoms with Crippen molar-refractivity contribution in [1.29, 1.82) is 0 Å². The van der Waals surface area contributed by atoms with Gasteiger partial charge in [0, 0.05) is 18.4 Å². The summed E-state index contributed by atoms with van der Waals surface area (Å²) in [6.45, 7) is 1.12. The Hall–Kier alpha value is -2.56. The SMILES string of the molecule is O=C(NCc1ccc[nH]1)[C@@H]1CCCN1C(=O)Cc1ccccc1. The van der Waals surface area contributed by atoms with E-state index in [0.717, 1.165) is 24.1 Å². The van der Waals surface area contributed by atoms with E-state index in [4.69, 9.17) is 0 Å². The molecule has 23 heavy (non-hydrogen) atoms. The maximum absolute atomic E-state index is 12.5. The molecule has 1 aliphatic rings. The van der Waals surface area contributed by atoms with Crippen LogP contribution in [0, 0.1) is 0 Å². The molecule has 0 radical (unpaired) electrons. The molecular weight excluding hydrogens is 290 g/mol. The molecule has 0 spiro atoms. The van der Waals surface area contributed by atoms with Gasteiger partial charge in [-0.25, -0.2) is 0 Å². The molecule has 2 amide bonds. The second-order valence-electron chi connectivity index (χ2n) is 5.82. The molecule has 1 aliphatic heterocycles. The van der Waals surface area contributed by atoms with Crippen LogP contribution >= 0.6 is 0 Å². The maximum atomic E-state index is 12.5. The second-order valence-corrected chi connectivity index (χ2v) is 5.82. The average molecular weight is 311 g/mol. The molecule has 0 aliphatic carbocycles. The summed E-state index contributed by atoms with van der Waals surface area (Å²) in [5.74, 6) is -0.0489. The van der Waals surface area contributed by atoms with E-state index in [0.29, 0.717) is 19.5 Å². The highest BCUT2D eigenvalue weighted by Gasteiger charge is 2.33. The van der Waals surface area contributed by atoms with Gasteiger partial charge in [-0.1, -0.05) is 30.3 Å². The van der Waals surface area contributed by atoms with E-state index in [2.05, 4.69) is 10.3 Å². The van der Waals surface area contributed by atoms with Gasteiger partial charge >= 0.3 is 0 Å². The fraction of sp³-hybridized carbons (Fsp3) is 0.333. The van der Waals surface area contributed by atoms with Crippen molar-refractivity contribution in [2.75, 3.05) is 6.54 Å². The largest absolute Gasteiger partial charge is 0.364 e. The lowest BCUT2D eigenvalue weighted by atomic mass is 10.1. The van der Waals surface area contributed by atoms with Crippen molar-refractivity contribution in [2.24, 2.45) is 0 Å². The van der Waals surface area contributed by atoms with Crippen molar-refractivity contribution in [3.05, 3.63) is 59.9 Å². The van der Waals surface area contributed by atoms with Crippen molar-refractivity contribution in [1.82, 2.24) is 15.2 Å². The van der Waals surface area contributed by atoms with Gasteiger partial charge in [0.2, 0.25) is 11.8 Å². The number of aromatic amines is 1. The summed E-state index contributed by atoms with van der Waals surface area (Å²) in [4.78, 5) is 29.7. The van der Waals surface area contributed by atoms with E-state index in [-0.39, 0.29) is 17.9 Å². The first-order chi connectivity index (χ1) is 11.2. The van der Waals surface area contributed by atoms with Crippen LogP contribution in [0.15, 0.2) is 48.7 Å². The molecule has 0 unspecified atom stereocenters. The van der Waals surface area contributed by atoms with Crippen LogP contribution in [0.5, 0.6) is 0 Å². The number of benzene rings is 1. The third-order valence-electron chi connectivity index (χ3n) is 4.19. The molecule has 2 N–H and O–H groups in total. The van der Waals surface area contributed by atoms with Crippen molar-refractivity contribution < 1.29 is 9.59 Å². The first-order valence-electron chi connectivity index (χ1n) is 7.97. The summed E-state index contributed by atoms with van der Waals surface area (Å²) in [6, 6.07) is 13.1. The zero-order valence-electron chi connectivity index (χ0n) is 13.0. The first-order valence-corrected chi connectivity index (χ1v) is 7.97. The minimum Gasteiger partial charge on any atom is -0.364 e. The van der Waals surface area contributed by atoms with Gasteiger partial charge in [0.25, 0.3) is 0 Å². The number of nitrogens with zero attached hydrogens (tertiary/aromatic N) is 1. The maximum Gasteiger partial charge on any atom is 0.243 e. The third-order valence-corrected chi connectivity index (χ3v) is 4.19. The summed E-state index contributed by atoms with van der Waals surface area (Å²) in [6.07, 6.45) is 3.78. The Morgan fingerprint density at radius 2 is 2.00 bits per heavy atom. The average Bonchev–Trinajstić information content (AvgIpc) is 3.25. The van der Waals surface area contributed by atoms with Gasteiger partial charge < -0.3 is 15.2 Å². The highest BCUT2D eigenvalue weighted by atomic mass is 16.2. The fourth-order valence-electron chi connectivity index (χ4n) is 2.99. The lowest BCUT2D eigenvalue weighted by molar-refractivity contribution is -0.138. The van der Waals surface area contributed by atoms with E-state index in [1.807, 2.05) is 48.7 Å². The summed E-state index contributed by atoms with van der Waals surface area (Å²) < 4.78 is 0. The van der Waals surface area contributed by atoms with Crippen LogP contribution in [0.2, 0.25) is 0 Å². The van der Waals surface area contributed by atoms with Gasteiger partial charge in [-0.2, -0.15) is 0 Å². The molecule has 0 saturated carbocycles. The molecular formula is C18H21N3O2. The van der Waals surface area contributed by atoms with Crippen molar-refractivity contribution in [2.45, 2.75) is 31.8 Å². The zero-order chi connectivity index (χ0) is 16.1. The minimum atomic E-state index is -0.346. The number of aromatic nitrogens is 1. The summed E-state index contributed by atoms with van der Waals surface area (Å²) in [5.41, 5.74) is 1.94. The molecule has 2 heterocycles. The Morgan fingerprint density at radius 1 is 1.17 bits per heavy atom. The van der Waals surface area contributed by atoms with Crippen LogP contribution in [-0.2, 0) is 22.6 Å². The van der Waals surface area contributed by atoms with E-state index >= 15 is 0 Å². The van der Waals surface area contributed by atoms with E-state index in [1.54, 1.807) is 4.90 Å². The van der Waals surface area contributed by atoms with E-state index < -0.39 is 0 Å². The standard InChI is InChI=1S/C18H21N3O2/c22-17(12-14-6-2-1-3-7-14)21-11-5-9-16(21)18(23)20-13-15-8-4-10-19-15/h1-4,6-8,10,16,19H,5,9,11-13H2,(H,20,23)/t16-/m0/s1. The minimum absolute atomic E-state index is 0.0220. The molecule has 5 heteroatoms. The third kappa shape index (κ3) is 3.80. The first kappa shape index (κ1) is 15.3. The molecule has 3 rings (SSSR count). The van der Waals surface area contributed by atoms with Gasteiger partial charge in [0.1, 0.15) is 6.04 Å². The van der Waals surface area contributed by atoms with Gasteiger partial charge in [0.15, 0.2) is 0 Å². The van der Waals surface area contributed by atoms with Crippen LogP contribution in [0.4, 0.5) is 0 Å². The van der Waals surface area contributed by atoms with Crippen LogP contribution < -0.4 is 5.32 Å². The van der Waals surface area contributed by atoms with Crippen molar-refractivity contribution >= 4 is 11.8 Å². The predicted octanol–water partition coefficient (Wildman–Crippen LogP) is 1.86. The normalized spacial score (nSPS) is 17.2. The van der Waals surface area contributed by atoms with Crippen LogP contribution in [0.1, 0.15) is 24.1 Å². The smallest absolute Gasteiger partial charge is 0.243 e. The van der Waals surface area contributed by atoms with E-state index in [1.165, 1.54) is 0 Å². The molecule has 120 valence electrons. The molecule has 1 atom stereocenters.